The summed E-state index contributed by atoms with van der Waals surface area (Å²) in [7, 11) is 0. The van der Waals surface area contributed by atoms with E-state index in [1.807, 2.05) is 0 Å². The molecule has 1 saturated carbocycles. The maximum absolute atomic E-state index is 11.4. The van der Waals surface area contributed by atoms with Crippen molar-refractivity contribution in [1.29, 1.82) is 0 Å². The monoisotopic (exact) mass is 238 g/mol. The smallest absolute Gasteiger partial charge is 0.161 e. The third-order valence-electron chi connectivity index (χ3n) is 3.31. The van der Waals surface area contributed by atoms with E-state index in [2.05, 4.69) is 13.0 Å². The van der Waals surface area contributed by atoms with Gasteiger partial charge in [-0.15, -0.1) is 0 Å². The van der Waals surface area contributed by atoms with Crippen molar-refractivity contribution in [1.82, 2.24) is 0 Å². The fraction of sp³-hybridized carbons (Fsp3) is 0.714. The number of hydrogen-bond acceptors (Lipinski definition) is 3. The number of hydrogen-bond donors (Lipinski definition) is 1. The molecule has 1 rings (SSSR count). The molecule has 0 aromatic rings. The minimum atomic E-state index is -0.729. The van der Waals surface area contributed by atoms with Gasteiger partial charge in [-0.1, -0.05) is 11.6 Å². The molecule has 0 saturated heterocycles. The summed E-state index contributed by atoms with van der Waals surface area (Å²) in [6.45, 7) is 2.08. The summed E-state index contributed by atoms with van der Waals surface area (Å²) in [6.07, 6.45) is 7.99. The topological polar surface area (TPSA) is 54.4 Å². The lowest BCUT2D eigenvalue weighted by Gasteiger charge is -2.22. The van der Waals surface area contributed by atoms with Crippen LogP contribution in [0.3, 0.4) is 0 Å². The summed E-state index contributed by atoms with van der Waals surface area (Å²) in [5.74, 6) is 0.281. The first-order chi connectivity index (χ1) is 8.13. The minimum Gasteiger partial charge on any atom is -0.385 e. The predicted octanol–water partition coefficient (Wildman–Crippen LogP) is 2.42. The van der Waals surface area contributed by atoms with Gasteiger partial charge >= 0.3 is 0 Å². The average molecular weight is 238 g/mol. The number of carbonyl (C=O) groups excluding carboxylic acids is 2. The van der Waals surface area contributed by atoms with Gasteiger partial charge in [-0.05, 0) is 44.9 Å². The van der Waals surface area contributed by atoms with Crippen LogP contribution in [-0.2, 0) is 9.59 Å². The Hall–Kier alpha value is -0.960. The molecule has 1 fully saturated rings. The zero-order valence-corrected chi connectivity index (χ0v) is 10.5. The van der Waals surface area contributed by atoms with Crippen molar-refractivity contribution in [2.24, 2.45) is 5.92 Å². The van der Waals surface area contributed by atoms with Crippen molar-refractivity contribution in [2.45, 2.75) is 58.0 Å². The Kier molecular flexibility index (Phi) is 6.12. The number of unbranched alkanes of at least 4 members (excludes halogenated alkanes) is 2. The van der Waals surface area contributed by atoms with Crippen LogP contribution in [0.4, 0.5) is 0 Å². The molecule has 1 aliphatic carbocycles. The van der Waals surface area contributed by atoms with E-state index in [1.165, 1.54) is 5.57 Å². The maximum atomic E-state index is 11.4. The first-order valence-corrected chi connectivity index (χ1v) is 6.45. The third-order valence-corrected chi connectivity index (χ3v) is 3.31. The predicted molar refractivity (Wildman–Crippen MR) is 66.6 cm³/mol. The summed E-state index contributed by atoms with van der Waals surface area (Å²) >= 11 is 0. The lowest BCUT2D eigenvalue weighted by molar-refractivity contribution is -0.130. The van der Waals surface area contributed by atoms with Gasteiger partial charge in [0.2, 0.25) is 0 Å². The second-order valence-corrected chi connectivity index (χ2v) is 4.95. The van der Waals surface area contributed by atoms with E-state index in [9.17, 15) is 14.7 Å². The molecule has 0 spiro atoms. The third kappa shape index (κ3) is 5.26. The Bertz CT molecular complexity index is 294. The lowest BCUT2D eigenvalue weighted by atomic mass is 9.85. The average Bonchev–Trinajstić information content (AvgIpc) is 2.30. The molecule has 0 heterocycles. The molecule has 0 radical (unpaired) electrons. The minimum absolute atomic E-state index is 0.0220. The molecule has 0 aliphatic heterocycles. The number of Topliss-reactive ketones (excluding diaryl/α,β-unsaturated/α-hetero) is 1. The van der Waals surface area contributed by atoms with E-state index < -0.39 is 6.10 Å². The van der Waals surface area contributed by atoms with Gasteiger partial charge in [0, 0.05) is 12.8 Å². The van der Waals surface area contributed by atoms with E-state index in [-0.39, 0.29) is 5.78 Å². The largest absolute Gasteiger partial charge is 0.385 e. The number of allylic oxidation sites excluding steroid dienone is 2. The second-order valence-electron chi connectivity index (χ2n) is 4.95. The highest BCUT2D eigenvalue weighted by atomic mass is 16.3. The Labute approximate surface area is 103 Å². The SMILES string of the molecule is C/C(=C\C1CCC(O)C(=O)C1)CCCCC=O. The number of aldehydes is 1. The molecule has 0 aromatic heterocycles. The number of aliphatic hydroxyl groups is 1. The first kappa shape index (κ1) is 14.1. The Morgan fingerprint density at radius 2 is 2.18 bits per heavy atom. The van der Waals surface area contributed by atoms with E-state index in [0.29, 0.717) is 25.2 Å². The molecular weight excluding hydrogens is 216 g/mol. The molecule has 2 atom stereocenters. The van der Waals surface area contributed by atoms with E-state index >= 15 is 0 Å². The van der Waals surface area contributed by atoms with Crippen molar-refractivity contribution < 1.29 is 14.7 Å². The molecule has 3 nitrogen and oxygen atoms in total. The summed E-state index contributed by atoms with van der Waals surface area (Å²) in [5, 5.41) is 9.33. The van der Waals surface area contributed by atoms with Crippen molar-refractivity contribution in [2.75, 3.05) is 0 Å². The standard InChI is InChI=1S/C14H22O3/c1-11(5-3-2-4-8-15)9-12-6-7-13(16)14(17)10-12/h8-9,12-13,16H,2-7,10H2,1H3/b11-9+. The van der Waals surface area contributed by atoms with Crippen LogP contribution in [0.15, 0.2) is 11.6 Å². The maximum Gasteiger partial charge on any atom is 0.161 e. The quantitative estimate of drug-likeness (QED) is 0.439. The molecule has 0 aromatic carbocycles. The van der Waals surface area contributed by atoms with Gasteiger partial charge in [-0.2, -0.15) is 0 Å². The molecule has 3 heteroatoms. The van der Waals surface area contributed by atoms with E-state index in [1.54, 1.807) is 0 Å². The van der Waals surface area contributed by atoms with Gasteiger partial charge in [0.05, 0.1) is 0 Å². The van der Waals surface area contributed by atoms with Gasteiger partial charge in [-0.25, -0.2) is 0 Å². The highest BCUT2D eigenvalue weighted by Gasteiger charge is 2.25. The Morgan fingerprint density at radius 3 is 2.82 bits per heavy atom. The number of carbonyl (C=O) groups is 2. The second kappa shape index (κ2) is 7.38. The zero-order valence-electron chi connectivity index (χ0n) is 10.5. The van der Waals surface area contributed by atoms with Crippen molar-refractivity contribution in [3.63, 3.8) is 0 Å². The van der Waals surface area contributed by atoms with Crippen LogP contribution >= 0.6 is 0 Å². The Morgan fingerprint density at radius 1 is 1.41 bits per heavy atom. The molecule has 1 aliphatic rings. The highest BCUT2D eigenvalue weighted by molar-refractivity contribution is 5.83. The van der Waals surface area contributed by atoms with Crippen LogP contribution in [0.1, 0.15) is 51.9 Å². The van der Waals surface area contributed by atoms with Crippen molar-refractivity contribution >= 4 is 12.1 Å². The lowest BCUT2D eigenvalue weighted by Crippen LogP contribution is -2.28. The van der Waals surface area contributed by atoms with Crippen LogP contribution in [0.2, 0.25) is 0 Å². The van der Waals surface area contributed by atoms with Gasteiger partial charge in [0.25, 0.3) is 0 Å². The molecule has 0 amide bonds. The molecule has 1 N–H and O–H groups in total. The van der Waals surface area contributed by atoms with Crippen LogP contribution in [0.25, 0.3) is 0 Å². The fourth-order valence-electron chi connectivity index (χ4n) is 2.29. The summed E-state index contributed by atoms with van der Waals surface area (Å²) in [4.78, 5) is 21.5. The molecule has 2 unspecified atom stereocenters. The van der Waals surface area contributed by atoms with Crippen molar-refractivity contribution in [3.8, 4) is 0 Å². The Balaban J connectivity index is 2.30. The summed E-state index contributed by atoms with van der Waals surface area (Å²) in [5.41, 5.74) is 1.30. The fourth-order valence-corrected chi connectivity index (χ4v) is 2.29. The normalized spacial score (nSPS) is 26.0. The molecule has 0 bridgehead atoms. The van der Waals surface area contributed by atoms with Crippen LogP contribution in [0.5, 0.6) is 0 Å². The number of ketones is 1. The highest BCUT2D eigenvalue weighted by Crippen LogP contribution is 2.24. The molecule has 96 valence electrons. The van der Waals surface area contributed by atoms with Crippen LogP contribution in [-0.4, -0.2) is 23.3 Å². The van der Waals surface area contributed by atoms with E-state index in [0.717, 1.165) is 32.0 Å². The zero-order chi connectivity index (χ0) is 12.7. The van der Waals surface area contributed by atoms with Gasteiger partial charge in [-0.3, -0.25) is 4.79 Å². The first-order valence-electron chi connectivity index (χ1n) is 6.45. The number of aliphatic hydroxyl groups excluding tert-OH is 1. The van der Waals surface area contributed by atoms with Gasteiger partial charge in [0.15, 0.2) is 5.78 Å². The van der Waals surface area contributed by atoms with Crippen LogP contribution in [0, 0.1) is 5.92 Å². The van der Waals surface area contributed by atoms with Crippen LogP contribution < -0.4 is 0 Å². The summed E-state index contributed by atoms with van der Waals surface area (Å²) < 4.78 is 0. The summed E-state index contributed by atoms with van der Waals surface area (Å²) in [6, 6.07) is 0. The number of rotatable bonds is 6. The van der Waals surface area contributed by atoms with Crippen molar-refractivity contribution in [3.05, 3.63) is 11.6 Å². The van der Waals surface area contributed by atoms with E-state index in [4.69, 9.17) is 0 Å². The molecule has 17 heavy (non-hydrogen) atoms. The van der Waals surface area contributed by atoms with Gasteiger partial charge < -0.3 is 9.90 Å². The van der Waals surface area contributed by atoms with Gasteiger partial charge in [0.1, 0.15) is 12.4 Å². The molecular formula is C14H22O3.